The van der Waals surface area contributed by atoms with Crippen LogP contribution in [0.4, 0.5) is 5.69 Å². The van der Waals surface area contributed by atoms with E-state index in [0.717, 1.165) is 25.1 Å². The summed E-state index contributed by atoms with van der Waals surface area (Å²) < 4.78 is 5.04. The van der Waals surface area contributed by atoms with E-state index in [-0.39, 0.29) is 0 Å². The number of halogens is 1. The minimum Gasteiger partial charge on any atom is -0.383 e. The molecule has 0 N–H and O–H groups in total. The van der Waals surface area contributed by atoms with Gasteiger partial charge in [0.2, 0.25) is 0 Å². The zero-order valence-corrected chi connectivity index (χ0v) is 10.3. The molecule has 0 aromatic heterocycles. The Morgan fingerprint density at radius 3 is 2.81 bits per heavy atom. The largest absolute Gasteiger partial charge is 0.383 e. The summed E-state index contributed by atoms with van der Waals surface area (Å²) in [6.45, 7) is 4.21. The van der Waals surface area contributed by atoms with Crippen molar-refractivity contribution in [2.45, 2.75) is 6.92 Å². The fourth-order valence-corrected chi connectivity index (χ4v) is 1.71. The zero-order valence-electron chi connectivity index (χ0n) is 9.57. The first-order valence-corrected chi connectivity index (χ1v) is 5.59. The van der Waals surface area contributed by atoms with Crippen LogP contribution in [0.25, 0.3) is 0 Å². The molecule has 0 heterocycles. The summed E-state index contributed by atoms with van der Waals surface area (Å²) in [6.07, 6.45) is 0.848. The molecule has 0 atom stereocenters. The molecule has 0 radical (unpaired) electrons. The summed E-state index contributed by atoms with van der Waals surface area (Å²) in [4.78, 5) is 13.0. The van der Waals surface area contributed by atoms with Crippen molar-refractivity contribution in [3.8, 4) is 0 Å². The van der Waals surface area contributed by atoms with Gasteiger partial charge >= 0.3 is 0 Å². The van der Waals surface area contributed by atoms with Crippen molar-refractivity contribution in [1.29, 1.82) is 0 Å². The first kappa shape index (κ1) is 13.0. The van der Waals surface area contributed by atoms with E-state index in [1.165, 1.54) is 0 Å². The molecule has 0 unspecified atom stereocenters. The number of methoxy groups -OCH3 is 1. The Morgan fingerprint density at radius 1 is 1.50 bits per heavy atom. The normalized spacial score (nSPS) is 10.2. The third-order valence-electron chi connectivity index (χ3n) is 2.41. The zero-order chi connectivity index (χ0) is 12.0. The van der Waals surface area contributed by atoms with Gasteiger partial charge in [-0.25, -0.2) is 0 Å². The van der Waals surface area contributed by atoms with Gasteiger partial charge in [0.25, 0.3) is 0 Å². The standard InChI is InChI=1S/C12H16ClNO2/c1-3-14(6-7-16-2)12-8-11(13)5-4-10(12)9-15/h4-5,8-9H,3,6-7H2,1-2H3. The van der Waals surface area contributed by atoms with E-state index in [1.807, 2.05) is 13.0 Å². The van der Waals surface area contributed by atoms with Crippen LogP contribution in [-0.4, -0.2) is 33.1 Å². The molecule has 0 aliphatic carbocycles. The minimum absolute atomic E-state index is 0.624. The number of likely N-dealkylation sites (N-methyl/N-ethyl adjacent to an activating group) is 1. The highest BCUT2D eigenvalue weighted by molar-refractivity contribution is 6.31. The Labute approximate surface area is 101 Å². The second-order valence-electron chi connectivity index (χ2n) is 3.39. The number of hydrogen-bond acceptors (Lipinski definition) is 3. The van der Waals surface area contributed by atoms with E-state index in [4.69, 9.17) is 16.3 Å². The summed E-state index contributed by atoms with van der Waals surface area (Å²) in [5.74, 6) is 0. The van der Waals surface area contributed by atoms with Crippen LogP contribution < -0.4 is 4.90 Å². The van der Waals surface area contributed by atoms with Gasteiger partial charge in [0.1, 0.15) is 0 Å². The fraction of sp³-hybridized carbons (Fsp3) is 0.417. The van der Waals surface area contributed by atoms with Gasteiger partial charge in [0.05, 0.1) is 6.61 Å². The average molecular weight is 242 g/mol. The molecule has 0 spiro atoms. The Morgan fingerprint density at radius 2 is 2.25 bits per heavy atom. The average Bonchev–Trinajstić information content (AvgIpc) is 2.30. The maximum Gasteiger partial charge on any atom is 0.152 e. The lowest BCUT2D eigenvalue weighted by Crippen LogP contribution is -2.27. The number of carbonyl (C=O) groups is 1. The van der Waals surface area contributed by atoms with Gasteiger partial charge < -0.3 is 9.64 Å². The molecule has 1 rings (SSSR count). The van der Waals surface area contributed by atoms with Crippen LogP contribution in [0, 0.1) is 0 Å². The van der Waals surface area contributed by atoms with Crippen molar-refractivity contribution in [2.75, 3.05) is 31.7 Å². The van der Waals surface area contributed by atoms with E-state index in [1.54, 1.807) is 19.2 Å². The van der Waals surface area contributed by atoms with E-state index >= 15 is 0 Å². The number of ether oxygens (including phenoxy) is 1. The smallest absolute Gasteiger partial charge is 0.152 e. The lowest BCUT2D eigenvalue weighted by atomic mass is 10.1. The highest BCUT2D eigenvalue weighted by Crippen LogP contribution is 2.23. The molecule has 3 nitrogen and oxygen atoms in total. The van der Waals surface area contributed by atoms with Crippen LogP contribution in [0.2, 0.25) is 5.02 Å². The summed E-state index contributed by atoms with van der Waals surface area (Å²) in [5.41, 5.74) is 1.52. The number of hydrogen-bond donors (Lipinski definition) is 0. The lowest BCUT2D eigenvalue weighted by Gasteiger charge is -2.24. The van der Waals surface area contributed by atoms with Crippen molar-refractivity contribution in [3.63, 3.8) is 0 Å². The van der Waals surface area contributed by atoms with Crippen molar-refractivity contribution >= 4 is 23.6 Å². The molecule has 88 valence electrons. The number of benzene rings is 1. The Bertz CT molecular complexity index is 355. The van der Waals surface area contributed by atoms with E-state index in [9.17, 15) is 4.79 Å². The number of rotatable bonds is 6. The summed E-state index contributed by atoms with van der Waals surface area (Å²) in [7, 11) is 1.66. The van der Waals surface area contributed by atoms with Crippen LogP contribution in [0.3, 0.4) is 0 Å². The van der Waals surface area contributed by atoms with E-state index in [2.05, 4.69) is 4.90 Å². The number of aldehydes is 1. The van der Waals surface area contributed by atoms with Crippen molar-refractivity contribution in [1.82, 2.24) is 0 Å². The van der Waals surface area contributed by atoms with Crippen LogP contribution in [0.1, 0.15) is 17.3 Å². The quantitative estimate of drug-likeness (QED) is 0.717. The van der Waals surface area contributed by atoms with Gasteiger partial charge in [-0.15, -0.1) is 0 Å². The van der Waals surface area contributed by atoms with Crippen LogP contribution in [0.5, 0.6) is 0 Å². The molecule has 0 saturated carbocycles. The predicted molar refractivity (Wildman–Crippen MR) is 66.6 cm³/mol. The molecule has 1 aromatic carbocycles. The van der Waals surface area contributed by atoms with Gasteiger partial charge in [0.15, 0.2) is 6.29 Å². The van der Waals surface area contributed by atoms with Crippen LogP contribution in [0.15, 0.2) is 18.2 Å². The molecule has 0 amide bonds. The maximum absolute atomic E-state index is 10.9. The molecule has 0 bridgehead atoms. The molecule has 16 heavy (non-hydrogen) atoms. The Balaban J connectivity index is 2.97. The molecule has 0 aliphatic heterocycles. The highest BCUT2D eigenvalue weighted by Gasteiger charge is 2.09. The van der Waals surface area contributed by atoms with Gasteiger partial charge in [-0.1, -0.05) is 11.6 Å². The third-order valence-corrected chi connectivity index (χ3v) is 2.64. The number of anilines is 1. The Kier molecular flexibility index (Phi) is 5.29. The second-order valence-corrected chi connectivity index (χ2v) is 3.83. The molecule has 0 saturated heterocycles. The summed E-state index contributed by atoms with van der Waals surface area (Å²) in [5, 5.41) is 0.636. The van der Waals surface area contributed by atoms with E-state index < -0.39 is 0 Å². The molecule has 4 heteroatoms. The van der Waals surface area contributed by atoms with Crippen molar-refractivity contribution < 1.29 is 9.53 Å². The SMILES string of the molecule is CCN(CCOC)c1cc(Cl)ccc1C=O. The third kappa shape index (κ3) is 3.22. The Hall–Kier alpha value is -1.06. The van der Waals surface area contributed by atoms with Gasteiger partial charge in [-0.3, -0.25) is 4.79 Å². The molecule has 1 aromatic rings. The molecular weight excluding hydrogens is 226 g/mol. The first-order valence-electron chi connectivity index (χ1n) is 5.21. The highest BCUT2D eigenvalue weighted by atomic mass is 35.5. The molecular formula is C12H16ClNO2. The van der Waals surface area contributed by atoms with Crippen LogP contribution in [-0.2, 0) is 4.74 Å². The number of carbonyl (C=O) groups excluding carboxylic acids is 1. The topological polar surface area (TPSA) is 29.5 Å². The molecule has 0 aliphatic rings. The van der Waals surface area contributed by atoms with Crippen molar-refractivity contribution in [3.05, 3.63) is 28.8 Å². The fourth-order valence-electron chi connectivity index (χ4n) is 1.54. The van der Waals surface area contributed by atoms with Crippen molar-refractivity contribution in [2.24, 2.45) is 0 Å². The van der Waals surface area contributed by atoms with E-state index in [0.29, 0.717) is 17.2 Å². The van der Waals surface area contributed by atoms with Crippen LogP contribution >= 0.6 is 11.6 Å². The summed E-state index contributed by atoms with van der Waals surface area (Å²) >= 11 is 5.94. The number of nitrogens with zero attached hydrogens (tertiary/aromatic N) is 1. The molecule has 0 fully saturated rings. The lowest BCUT2D eigenvalue weighted by molar-refractivity contribution is 0.112. The van der Waals surface area contributed by atoms with Gasteiger partial charge in [-0.2, -0.15) is 0 Å². The van der Waals surface area contributed by atoms with Gasteiger partial charge in [0, 0.05) is 36.5 Å². The first-order chi connectivity index (χ1) is 7.72. The second kappa shape index (κ2) is 6.51. The van der Waals surface area contributed by atoms with Gasteiger partial charge in [-0.05, 0) is 25.1 Å². The predicted octanol–water partition coefficient (Wildman–Crippen LogP) is 2.63. The summed E-state index contributed by atoms with van der Waals surface area (Å²) in [6, 6.07) is 5.27. The minimum atomic E-state index is 0.624. The maximum atomic E-state index is 10.9. The monoisotopic (exact) mass is 241 g/mol.